The van der Waals surface area contributed by atoms with E-state index in [9.17, 15) is 8.78 Å². The van der Waals surface area contributed by atoms with E-state index >= 15 is 0 Å². The molecule has 2 nitrogen and oxygen atoms in total. The second-order valence-electron chi connectivity index (χ2n) is 3.71. The van der Waals surface area contributed by atoms with Gasteiger partial charge in [-0.05, 0) is 29.8 Å². The third kappa shape index (κ3) is 3.01. The summed E-state index contributed by atoms with van der Waals surface area (Å²) in [6.45, 7) is 0. The summed E-state index contributed by atoms with van der Waals surface area (Å²) in [4.78, 5) is 0. The van der Waals surface area contributed by atoms with Crippen molar-refractivity contribution in [2.45, 2.75) is 5.38 Å². The van der Waals surface area contributed by atoms with Gasteiger partial charge >= 0.3 is 0 Å². The normalized spacial score (nSPS) is 11.7. The van der Waals surface area contributed by atoms with E-state index in [0.29, 0.717) is 5.56 Å². The topological polar surface area (TPSA) is 33.0 Å². The molecule has 0 bridgehead atoms. The Kier molecular flexibility index (Phi) is 3.98. The lowest BCUT2D eigenvalue weighted by Gasteiger charge is -2.09. The van der Waals surface area contributed by atoms with Gasteiger partial charge in [0.15, 0.2) is 23.1 Å². The van der Waals surface area contributed by atoms with Crippen molar-refractivity contribution >= 4 is 11.6 Å². The minimum atomic E-state index is -0.913. The molecular weight excluding hydrogens is 272 g/mol. The number of para-hydroxylation sites is 1. The highest BCUT2D eigenvalue weighted by molar-refractivity contribution is 6.22. The van der Waals surface area contributed by atoms with Crippen LogP contribution in [0, 0.1) is 23.0 Å². The molecule has 1 atom stereocenters. The van der Waals surface area contributed by atoms with Gasteiger partial charge in [-0.25, -0.2) is 8.78 Å². The monoisotopic (exact) mass is 279 g/mol. The Morgan fingerprint density at radius 2 is 1.74 bits per heavy atom. The minimum absolute atomic E-state index is 0.0957. The fourth-order valence-corrected chi connectivity index (χ4v) is 1.61. The highest BCUT2D eigenvalue weighted by Crippen LogP contribution is 2.30. The van der Waals surface area contributed by atoms with Crippen molar-refractivity contribution in [3.63, 3.8) is 0 Å². The van der Waals surface area contributed by atoms with Crippen LogP contribution in [-0.2, 0) is 0 Å². The van der Waals surface area contributed by atoms with Crippen molar-refractivity contribution < 1.29 is 13.5 Å². The molecule has 2 aromatic carbocycles. The van der Waals surface area contributed by atoms with Gasteiger partial charge in [0.05, 0.1) is 6.07 Å². The number of benzene rings is 2. The highest BCUT2D eigenvalue weighted by Gasteiger charge is 2.13. The zero-order valence-electron chi connectivity index (χ0n) is 9.61. The van der Waals surface area contributed by atoms with E-state index in [1.54, 1.807) is 6.07 Å². The Morgan fingerprint density at radius 3 is 2.42 bits per heavy atom. The van der Waals surface area contributed by atoms with Crippen molar-refractivity contribution in [1.82, 2.24) is 0 Å². The fraction of sp³-hybridized carbons (Fsp3) is 0.0714. The summed E-state index contributed by atoms with van der Waals surface area (Å²) < 4.78 is 32.1. The van der Waals surface area contributed by atoms with Gasteiger partial charge in [-0.3, -0.25) is 0 Å². The fourth-order valence-electron chi connectivity index (χ4n) is 1.48. The van der Waals surface area contributed by atoms with Gasteiger partial charge < -0.3 is 4.74 Å². The predicted octanol–water partition coefficient (Wildman–Crippen LogP) is 4.56. The molecule has 2 aromatic rings. The molecule has 0 fully saturated rings. The lowest BCUT2D eigenvalue weighted by molar-refractivity contribution is 0.414. The van der Waals surface area contributed by atoms with Crippen LogP contribution in [-0.4, -0.2) is 0 Å². The average Bonchev–Trinajstić information content (AvgIpc) is 2.42. The van der Waals surface area contributed by atoms with Crippen molar-refractivity contribution in [2.24, 2.45) is 0 Å². The number of halogens is 3. The van der Waals surface area contributed by atoms with Crippen LogP contribution in [0.5, 0.6) is 11.5 Å². The van der Waals surface area contributed by atoms with Crippen LogP contribution >= 0.6 is 11.6 Å². The summed E-state index contributed by atoms with van der Waals surface area (Å²) in [5.74, 6) is -1.53. The van der Waals surface area contributed by atoms with Gasteiger partial charge in [-0.15, -0.1) is 11.6 Å². The molecule has 0 aromatic heterocycles. The Labute approximate surface area is 113 Å². The van der Waals surface area contributed by atoms with Crippen molar-refractivity contribution in [1.29, 1.82) is 5.26 Å². The van der Waals surface area contributed by atoms with E-state index in [2.05, 4.69) is 0 Å². The molecule has 0 aliphatic heterocycles. The van der Waals surface area contributed by atoms with Gasteiger partial charge in [0, 0.05) is 0 Å². The predicted molar refractivity (Wildman–Crippen MR) is 67.1 cm³/mol. The van der Waals surface area contributed by atoms with Gasteiger partial charge in [0.1, 0.15) is 5.38 Å². The largest absolute Gasteiger partial charge is 0.451 e. The molecule has 1 unspecified atom stereocenters. The highest BCUT2D eigenvalue weighted by atomic mass is 35.5. The second kappa shape index (κ2) is 5.68. The molecule has 19 heavy (non-hydrogen) atoms. The number of rotatable bonds is 3. The van der Waals surface area contributed by atoms with Crippen LogP contribution in [0.15, 0.2) is 42.5 Å². The first kappa shape index (κ1) is 13.3. The quantitative estimate of drug-likeness (QED) is 0.772. The second-order valence-corrected chi connectivity index (χ2v) is 4.15. The molecule has 0 spiro atoms. The van der Waals surface area contributed by atoms with Crippen LogP contribution in [0.2, 0.25) is 0 Å². The summed E-state index contributed by atoms with van der Waals surface area (Å²) in [5.41, 5.74) is 0.386. The Balaban J connectivity index is 2.35. The summed E-state index contributed by atoms with van der Waals surface area (Å²) in [5, 5.41) is 7.79. The number of hydrogen-bond donors (Lipinski definition) is 0. The molecule has 0 N–H and O–H groups in total. The standard InChI is InChI=1S/C14H8ClF2NO/c15-10(8-18)9-5-6-12(17)14(7-9)19-13-4-2-1-3-11(13)16/h1-7,10H. The number of ether oxygens (including phenoxy) is 1. The number of nitrogens with zero attached hydrogens (tertiary/aromatic N) is 1. The third-order valence-corrected chi connectivity index (χ3v) is 2.77. The molecular formula is C14H8ClF2NO. The third-order valence-electron chi connectivity index (χ3n) is 2.42. The number of hydrogen-bond acceptors (Lipinski definition) is 2. The van der Waals surface area contributed by atoms with Crippen molar-refractivity contribution in [2.75, 3.05) is 0 Å². The molecule has 5 heteroatoms. The molecule has 96 valence electrons. The molecule has 0 saturated heterocycles. The first-order chi connectivity index (χ1) is 9.11. The lowest BCUT2D eigenvalue weighted by Crippen LogP contribution is -1.94. The minimum Gasteiger partial charge on any atom is -0.451 e. The van der Waals surface area contributed by atoms with Crippen molar-refractivity contribution in [3.8, 4) is 17.6 Å². The molecule has 2 rings (SSSR count). The van der Waals surface area contributed by atoms with Gasteiger partial charge in [-0.1, -0.05) is 18.2 Å². The van der Waals surface area contributed by atoms with Gasteiger partial charge in [0.25, 0.3) is 0 Å². The van der Waals surface area contributed by atoms with E-state index in [4.69, 9.17) is 21.6 Å². The molecule has 0 saturated carbocycles. The molecule has 0 radical (unpaired) electrons. The molecule has 0 heterocycles. The Bertz CT molecular complexity index is 640. The summed E-state index contributed by atoms with van der Waals surface area (Å²) >= 11 is 5.74. The van der Waals surface area contributed by atoms with Crippen LogP contribution in [0.3, 0.4) is 0 Å². The lowest BCUT2D eigenvalue weighted by atomic mass is 10.1. The van der Waals surface area contributed by atoms with E-state index in [1.165, 1.54) is 30.3 Å². The zero-order chi connectivity index (χ0) is 13.8. The molecule has 0 aliphatic carbocycles. The first-order valence-electron chi connectivity index (χ1n) is 5.37. The zero-order valence-corrected chi connectivity index (χ0v) is 10.4. The first-order valence-corrected chi connectivity index (χ1v) is 5.81. The molecule has 0 amide bonds. The SMILES string of the molecule is N#CC(Cl)c1ccc(F)c(Oc2ccccc2F)c1. The smallest absolute Gasteiger partial charge is 0.165 e. The maximum absolute atomic E-state index is 13.6. The maximum Gasteiger partial charge on any atom is 0.165 e. The van der Waals surface area contributed by atoms with Crippen LogP contribution in [0.1, 0.15) is 10.9 Å². The maximum atomic E-state index is 13.6. The van der Waals surface area contributed by atoms with Gasteiger partial charge in [-0.2, -0.15) is 5.26 Å². The van der Waals surface area contributed by atoms with E-state index in [0.717, 1.165) is 6.07 Å². The van der Waals surface area contributed by atoms with E-state index in [1.807, 2.05) is 6.07 Å². The van der Waals surface area contributed by atoms with Gasteiger partial charge in [0.2, 0.25) is 0 Å². The van der Waals surface area contributed by atoms with Crippen LogP contribution in [0.25, 0.3) is 0 Å². The Morgan fingerprint density at radius 1 is 1.05 bits per heavy atom. The van der Waals surface area contributed by atoms with Crippen LogP contribution < -0.4 is 4.74 Å². The van der Waals surface area contributed by atoms with E-state index < -0.39 is 17.0 Å². The summed E-state index contributed by atoms with van der Waals surface area (Å²) in [6.07, 6.45) is 0. The average molecular weight is 280 g/mol. The summed E-state index contributed by atoms with van der Waals surface area (Å²) in [7, 11) is 0. The Hall–Kier alpha value is -2.12. The number of nitriles is 1. The molecule has 0 aliphatic rings. The van der Waals surface area contributed by atoms with E-state index in [-0.39, 0.29) is 11.5 Å². The van der Waals surface area contributed by atoms with Crippen LogP contribution in [0.4, 0.5) is 8.78 Å². The number of alkyl halides is 1. The summed E-state index contributed by atoms with van der Waals surface area (Å²) in [6, 6.07) is 11.3. The van der Waals surface area contributed by atoms with Crippen molar-refractivity contribution in [3.05, 3.63) is 59.7 Å².